The minimum atomic E-state index is -0.120. The first kappa shape index (κ1) is 13.5. The van der Waals surface area contributed by atoms with Crippen LogP contribution >= 0.6 is 11.3 Å². The monoisotopic (exact) mass is 263 g/mol. The number of hydrogen-bond acceptors (Lipinski definition) is 3. The van der Waals surface area contributed by atoms with Gasteiger partial charge in [-0.3, -0.25) is 0 Å². The third-order valence-corrected chi connectivity index (χ3v) is 4.56. The van der Waals surface area contributed by atoms with Crippen molar-refractivity contribution >= 4 is 21.4 Å². The molecule has 18 heavy (non-hydrogen) atoms. The molecule has 0 bridgehead atoms. The van der Waals surface area contributed by atoms with Gasteiger partial charge in [-0.1, -0.05) is 18.2 Å². The molecule has 1 aromatic carbocycles. The molecule has 0 aliphatic rings. The van der Waals surface area contributed by atoms with E-state index >= 15 is 0 Å². The first-order valence-electron chi connectivity index (χ1n) is 6.29. The van der Waals surface area contributed by atoms with Crippen LogP contribution in [0.5, 0.6) is 0 Å². The molecule has 0 saturated heterocycles. The van der Waals surface area contributed by atoms with Crippen molar-refractivity contribution in [2.75, 3.05) is 13.7 Å². The highest BCUT2D eigenvalue weighted by atomic mass is 32.1. The van der Waals surface area contributed by atoms with E-state index in [-0.39, 0.29) is 5.60 Å². The van der Waals surface area contributed by atoms with Gasteiger partial charge in [0.05, 0.1) is 5.60 Å². The van der Waals surface area contributed by atoms with Crippen molar-refractivity contribution in [1.29, 1.82) is 0 Å². The molecule has 1 unspecified atom stereocenters. The number of fused-ring (bicyclic) bond motifs is 1. The zero-order valence-electron chi connectivity index (χ0n) is 11.5. The molecular formula is C15H21NOS. The SMILES string of the molecule is COC(C)(C)CNC(C)c1cc2ccccc2s1. The second kappa shape index (κ2) is 5.39. The van der Waals surface area contributed by atoms with Crippen LogP contribution in [0.15, 0.2) is 30.3 Å². The largest absolute Gasteiger partial charge is 0.377 e. The van der Waals surface area contributed by atoms with Crippen LogP contribution in [0.4, 0.5) is 0 Å². The van der Waals surface area contributed by atoms with Gasteiger partial charge in [0.25, 0.3) is 0 Å². The van der Waals surface area contributed by atoms with Gasteiger partial charge >= 0.3 is 0 Å². The summed E-state index contributed by atoms with van der Waals surface area (Å²) in [7, 11) is 1.76. The normalized spacial score (nSPS) is 14.0. The smallest absolute Gasteiger partial charge is 0.0746 e. The number of benzene rings is 1. The fourth-order valence-corrected chi connectivity index (χ4v) is 2.88. The zero-order valence-corrected chi connectivity index (χ0v) is 12.3. The fourth-order valence-electron chi connectivity index (χ4n) is 1.79. The Morgan fingerprint density at radius 3 is 2.72 bits per heavy atom. The fraction of sp³-hybridized carbons (Fsp3) is 0.467. The van der Waals surface area contributed by atoms with Crippen LogP contribution < -0.4 is 5.32 Å². The number of nitrogens with one attached hydrogen (secondary N) is 1. The number of thiophene rings is 1. The Kier molecular flexibility index (Phi) is 4.05. The summed E-state index contributed by atoms with van der Waals surface area (Å²) in [6, 6.07) is 11.2. The van der Waals surface area contributed by atoms with E-state index in [1.54, 1.807) is 7.11 Å². The van der Waals surface area contributed by atoms with Crippen LogP contribution in [0.3, 0.4) is 0 Å². The molecule has 2 nitrogen and oxygen atoms in total. The molecule has 1 atom stereocenters. The maximum atomic E-state index is 5.42. The molecule has 3 heteroatoms. The molecule has 1 aromatic heterocycles. The van der Waals surface area contributed by atoms with Crippen LogP contribution in [0, 0.1) is 0 Å². The second-order valence-corrected chi connectivity index (χ2v) is 6.37. The topological polar surface area (TPSA) is 21.3 Å². The van der Waals surface area contributed by atoms with Gasteiger partial charge in [-0.15, -0.1) is 11.3 Å². The summed E-state index contributed by atoms with van der Waals surface area (Å²) in [5.74, 6) is 0. The summed E-state index contributed by atoms with van der Waals surface area (Å²) in [6.45, 7) is 7.24. The van der Waals surface area contributed by atoms with Crippen LogP contribution in [0.25, 0.3) is 10.1 Å². The highest BCUT2D eigenvalue weighted by Gasteiger charge is 2.18. The average molecular weight is 263 g/mol. The number of hydrogen-bond donors (Lipinski definition) is 1. The van der Waals surface area contributed by atoms with E-state index in [1.165, 1.54) is 15.0 Å². The van der Waals surface area contributed by atoms with Crippen molar-refractivity contribution in [2.24, 2.45) is 0 Å². The van der Waals surface area contributed by atoms with Gasteiger partial charge in [-0.05, 0) is 38.3 Å². The Hall–Kier alpha value is -0.900. The third kappa shape index (κ3) is 3.10. The summed E-state index contributed by atoms with van der Waals surface area (Å²) in [5.41, 5.74) is -0.120. The van der Waals surface area contributed by atoms with Gasteiger partial charge in [0, 0.05) is 29.3 Å². The zero-order chi connectivity index (χ0) is 13.2. The van der Waals surface area contributed by atoms with E-state index in [2.05, 4.69) is 56.4 Å². The van der Waals surface area contributed by atoms with Crippen LogP contribution in [0.1, 0.15) is 31.7 Å². The third-order valence-electron chi connectivity index (χ3n) is 3.26. The second-order valence-electron chi connectivity index (χ2n) is 5.25. The number of ether oxygens (including phenoxy) is 1. The lowest BCUT2D eigenvalue weighted by Crippen LogP contribution is -2.37. The average Bonchev–Trinajstić information content (AvgIpc) is 2.80. The Balaban J connectivity index is 2.07. The Bertz CT molecular complexity index is 485. The number of methoxy groups -OCH3 is 1. The van der Waals surface area contributed by atoms with Gasteiger partial charge in [-0.2, -0.15) is 0 Å². The van der Waals surface area contributed by atoms with E-state index in [9.17, 15) is 0 Å². The highest BCUT2D eigenvalue weighted by Crippen LogP contribution is 2.29. The molecule has 1 heterocycles. The van der Waals surface area contributed by atoms with Gasteiger partial charge in [0.1, 0.15) is 0 Å². The van der Waals surface area contributed by atoms with E-state index in [0.717, 1.165) is 6.54 Å². The molecule has 2 rings (SSSR count). The predicted molar refractivity (Wildman–Crippen MR) is 79.3 cm³/mol. The summed E-state index contributed by atoms with van der Waals surface area (Å²) in [6.07, 6.45) is 0. The standard InChI is InChI=1S/C15H21NOS/c1-11(16-10-15(2,3)17-4)14-9-12-7-5-6-8-13(12)18-14/h5-9,11,16H,10H2,1-4H3. The maximum Gasteiger partial charge on any atom is 0.0746 e. The van der Waals surface area contributed by atoms with E-state index in [4.69, 9.17) is 4.74 Å². The lowest BCUT2D eigenvalue weighted by molar-refractivity contribution is 0.0215. The first-order chi connectivity index (χ1) is 8.52. The molecule has 98 valence electrons. The van der Waals surface area contributed by atoms with Crippen LogP contribution in [-0.4, -0.2) is 19.3 Å². The first-order valence-corrected chi connectivity index (χ1v) is 7.10. The minimum Gasteiger partial charge on any atom is -0.377 e. The molecule has 0 radical (unpaired) electrons. The molecule has 0 amide bonds. The Morgan fingerprint density at radius 2 is 2.06 bits per heavy atom. The van der Waals surface area contributed by atoms with Crippen LogP contribution in [0.2, 0.25) is 0 Å². The molecule has 1 N–H and O–H groups in total. The van der Waals surface area contributed by atoms with Crippen molar-refractivity contribution in [1.82, 2.24) is 5.32 Å². The number of rotatable bonds is 5. The lowest BCUT2D eigenvalue weighted by Gasteiger charge is -2.25. The lowest BCUT2D eigenvalue weighted by atomic mass is 10.1. The van der Waals surface area contributed by atoms with E-state index in [1.807, 2.05) is 11.3 Å². The predicted octanol–water partition coefficient (Wildman–Crippen LogP) is 3.98. The molecule has 0 spiro atoms. The van der Waals surface area contributed by atoms with E-state index in [0.29, 0.717) is 6.04 Å². The molecular weight excluding hydrogens is 242 g/mol. The van der Waals surface area contributed by atoms with E-state index < -0.39 is 0 Å². The van der Waals surface area contributed by atoms with Crippen molar-refractivity contribution in [3.63, 3.8) is 0 Å². The molecule has 0 saturated carbocycles. The van der Waals surface area contributed by atoms with Crippen molar-refractivity contribution in [3.8, 4) is 0 Å². The molecule has 0 aliphatic heterocycles. The van der Waals surface area contributed by atoms with Gasteiger partial charge in [0.15, 0.2) is 0 Å². The van der Waals surface area contributed by atoms with Crippen molar-refractivity contribution < 1.29 is 4.74 Å². The van der Waals surface area contributed by atoms with Gasteiger partial charge < -0.3 is 10.1 Å². The van der Waals surface area contributed by atoms with Crippen molar-refractivity contribution in [2.45, 2.75) is 32.4 Å². The van der Waals surface area contributed by atoms with Crippen molar-refractivity contribution in [3.05, 3.63) is 35.2 Å². The summed E-state index contributed by atoms with van der Waals surface area (Å²) in [4.78, 5) is 1.38. The Morgan fingerprint density at radius 1 is 1.33 bits per heavy atom. The van der Waals surface area contributed by atoms with Gasteiger partial charge in [0.2, 0.25) is 0 Å². The minimum absolute atomic E-state index is 0.120. The quantitative estimate of drug-likeness (QED) is 0.881. The van der Waals surface area contributed by atoms with Crippen LogP contribution in [-0.2, 0) is 4.74 Å². The highest BCUT2D eigenvalue weighted by molar-refractivity contribution is 7.19. The van der Waals surface area contributed by atoms with Gasteiger partial charge in [-0.25, -0.2) is 0 Å². The summed E-state index contributed by atoms with van der Waals surface area (Å²) < 4.78 is 6.78. The summed E-state index contributed by atoms with van der Waals surface area (Å²) >= 11 is 1.86. The molecule has 0 fully saturated rings. The molecule has 2 aromatic rings. The Labute approximate surface area is 113 Å². The summed E-state index contributed by atoms with van der Waals surface area (Å²) in [5, 5.41) is 4.87. The molecule has 0 aliphatic carbocycles. The maximum absolute atomic E-state index is 5.42.